The smallest absolute Gasteiger partial charge is 0.307 e. The topological polar surface area (TPSA) is 69.6 Å². The van der Waals surface area contributed by atoms with Crippen LogP contribution in [0.15, 0.2) is 0 Å². The van der Waals surface area contributed by atoms with E-state index in [0.29, 0.717) is 13.0 Å². The third-order valence-electron chi connectivity index (χ3n) is 3.07. The predicted octanol–water partition coefficient (Wildman–Crippen LogP) is 0.165. The van der Waals surface area contributed by atoms with Gasteiger partial charge in [-0.15, -0.1) is 0 Å². The zero-order valence-corrected chi connectivity index (χ0v) is 9.90. The highest BCUT2D eigenvalue weighted by Gasteiger charge is 2.48. The average Bonchev–Trinajstić information content (AvgIpc) is 3.04. The number of carboxylic acid groups (broad SMARTS) is 1. The monoisotopic (exact) mass is 228 g/mol. The number of aliphatic carboxylic acids is 1. The second-order valence-corrected chi connectivity index (χ2v) is 4.10. The summed E-state index contributed by atoms with van der Waals surface area (Å²) < 4.78 is 0. The Hall–Kier alpha value is -1.10. The molecule has 0 spiro atoms. The first-order valence-electron chi connectivity index (χ1n) is 5.83. The molecule has 2 atom stereocenters. The number of hydrogen-bond acceptors (Lipinski definition) is 3. The Kier molecular flexibility index (Phi) is 4.73. The summed E-state index contributed by atoms with van der Waals surface area (Å²) in [6, 6.07) is 0. The molecule has 92 valence electrons. The molecule has 1 amide bonds. The SMILES string of the molecule is CCN(CC)CCNC(=O)[C@@H]1C[C@@H]1C(=O)O. The molecular weight excluding hydrogens is 208 g/mol. The highest BCUT2D eigenvalue weighted by atomic mass is 16.4. The Morgan fingerprint density at radius 3 is 2.38 bits per heavy atom. The van der Waals surface area contributed by atoms with Gasteiger partial charge in [-0.3, -0.25) is 9.59 Å². The van der Waals surface area contributed by atoms with Crippen LogP contribution in [0.3, 0.4) is 0 Å². The maximum atomic E-state index is 11.5. The van der Waals surface area contributed by atoms with Crippen LogP contribution in [0.2, 0.25) is 0 Å². The van der Waals surface area contributed by atoms with Gasteiger partial charge in [0.1, 0.15) is 0 Å². The number of carbonyl (C=O) groups is 2. The summed E-state index contributed by atoms with van der Waals surface area (Å²) in [4.78, 5) is 24.3. The first kappa shape index (κ1) is 13.0. The number of hydrogen-bond donors (Lipinski definition) is 2. The molecule has 0 radical (unpaired) electrons. The van der Waals surface area contributed by atoms with E-state index < -0.39 is 11.9 Å². The van der Waals surface area contributed by atoms with Crippen LogP contribution in [-0.4, -0.2) is 48.1 Å². The Balaban J connectivity index is 2.15. The van der Waals surface area contributed by atoms with Gasteiger partial charge in [0.15, 0.2) is 0 Å². The summed E-state index contributed by atoms with van der Waals surface area (Å²) in [6.07, 6.45) is 0.492. The van der Waals surface area contributed by atoms with Gasteiger partial charge in [-0.2, -0.15) is 0 Å². The van der Waals surface area contributed by atoms with Crippen LogP contribution in [0.5, 0.6) is 0 Å². The van der Waals surface area contributed by atoms with Gasteiger partial charge in [-0.05, 0) is 19.5 Å². The lowest BCUT2D eigenvalue weighted by Gasteiger charge is -2.17. The lowest BCUT2D eigenvalue weighted by molar-refractivity contribution is -0.140. The normalized spacial score (nSPS) is 23.2. The maximum absolute atomic E-state index is 11.5. The molecule has 1 aliphatic carbocycles. The van der Waals surface area contributed by atoms with Crippen LogP contribution in [0.4, 0.5) is 0 Å². The van der Waals surface area contributed by atoms with Gasteiger partial charge in [0, 0.05) is 13.1 Å². The predicted molar refractivity (Wildman–Crippen MR) is 60.0 cm³/mol. The highest BCUT2D eigenvalue weighted by Crippen LogP contribution is 2.38. The van der Waals surface area contributed by atoms with Crippen molar-refractivity contribution < 1.29 is 14.7 Å². The Morgan fingerprint density at radius 2 is 1.94 bits per heavy atom. The molecule has 0 saturated heterocycles. The summed E-state index contributed by atoms with van der Waals surface area (Å²) in [7, 11) is 0. The first-order chi connectivity index (χ1) is 7.60. The standard InChI is InChI=1S/C11H20N2O3/c1-3-13(4-2)6-5-12-10(14)8-7-9(8)11(15)16/h8-9H,3-7H2,1-2H3,(H,12,14)(H,15,16)/t8-,9+/m1/s1. The van der Waals surface area contributed by atoms with E-state index >= 15 is 0 Å². The number of amides is 1. The van der Waals surface area contributed by atoms with Gasteiger partial charge in [0.2, 0.25) is 5.91 Å². The highest BCUT2D eigenvalue weighted by molar-refractivity contribution is 5.89. The summed E-state index contributed by atoms with van der Waals surface area (Å²) in [5.74, 6) is -1.72. The van der Waals surface area contributed by atoms with E-state index in [4.69, 9.17) is 5.11 Å². The van der Waals surface area contributed by atoms with Gasteiger partial charge in [-0.1, -0.05) is 13.8 Å². The van der Waals surface area contributed by atoms with Crippen LogP contribution in [0.25, 0.3) is 0 Å². The van der Waals surface area contributed by atoms with Crippen molar-refractivity contribution in [2.45, 2.75) is 20.3 Å². The number of likely N-dealkylation sites (N-methyl/N-ethyl adjacent to an activating group) is 1. The molecule has 1 rings (SSSR count). The zero-order valence-electron chi connectivity index (χ0n) is 9.90. The molecule has 0 aromatic carbocycles. The molecule has 0 aliphatic heterocycles. The van der Waals surface area contributed by atoms with Gasteiger partial charge >= 0.3 is 5.97 Å². The Bertz CT molecular complexity index is 264. The van der Waals surface area contributed by atoms with E-state index in [1.54, 1.807) is 0 Å². The van der Waals surface area contributed by atoms with Crippen LogP contribution >= 0.6 is 0 Å². The minimum Gasteiger partial charge on any atom is -0.481 e. The lowest BCUT2D eigenvalue weighted by atomic mass is 10.3. The van der Waals surface area contributed by atoms with Crippen molar-refractivity contribution in [3.05, 3.63) is 0 Å². The third kappa shape index (κ3) is 3.48. The second kappa shape index (κ2) is 5.84. The molecule has 1 fully saturated rings. The third-order valence-corrected chi connectivity index (χ3v) is 3.07. The second-order valence-electron chi connectivity index (χ2n) is 4.10. The van der Waals surface area contributed by atoms with Crippen LogP contribution in [0, 0.1) is 11.8 Å². The van der Waals surface area contributed by atoms with Crippen molar-refractivity contribution in [2.75, 3.05) is 26.2 Å². The fourth-order valence-corrected chi connectivity index (χ4v) is 1.77. The van der Waals surface area contributed by atoms with Crippen molar-refractivity contribution in [1.82, 2.24) is 10.2 Å². The van der Waals surface area contributed by atoms with E-state index in [0.717, 1.165) is 19.6 Å². The first-order valence-corrected chi connectivity index (χ1v) is 5.83. The fourth-order valence-electron chi connectivity index (χ4n) is 1.77. The van der Waals surface area contributed by atoms with Gasteiger partial charge < -0.3 is 15.3 Å². The van der Waals surface area contributed by atoms with Crippen LogP contribution in [0.1, 0.15) is 20.3 Å². The molecule has 0 aromatic rings. The van der Waals surface area contributed by atoms with Gasteiger partial charge in [-0.25, -0.2) is 0 Å². The van der Waals surface area contributed by atoms with Crippen molar-refractivity contribution >= 4 is 11.9 Å². The molecule has 0 aromatic heterocycles. The van der Waals surface area contributed by atoms with Gasteiger partial charge in [0.05, 0.1) is 11.8 Å². The van der Waals surface area contributed by atoms with Crippen LogP contribution in [-0.2, 0) is 9.59 Å². The molecule has 5 heteroatoms. The molecule has 1 aliphatic rings. The molecule has 16 heavy (non-hydrogen) atoms. The number of nitrogens with one attached hydrogen (secondary N) is 1. The largest absolute Gasteiger partial charge is 0.481 e. The van der Waals surface area contributed by atoms with Gasteiger partial charge in [0.25, 0.3) is 0 Å². The minimum atomic E-state index is -0.858. The minimum absolute atomic E-state index is 0.112. The van der Waals surface area contributed by atoms with E-state index in [1.165, 1.54) is 0 Å². The number of nitrogens with zero attached hydrogens (tertiary/aromatic N) is 1. The maximum Gasteiger partial charge on any atom is 0.307 e. The summed E-state index contributed by atoms with van der Waals surface area (Å²) in [5.41, 5.74) is 0. The van der Waals surface area contributed by atoms with Crippen molar-refractivity contribution in [3.8, 4) is 0 Å². The Morgan fingerprint density at radius 1 is 1.31 bits per heavy atom. The molecule has 5 nitrogen and oxygen atoms in total. The summed E-state index contributed by atoms with van der Waals surface area (Å²) >= 11 is 0. The average molecular weight is 228 g/mol. The van der Waals surface area contributed by atoms with Crippen molar-refractivity contribution in [3.63, 3.8) is 0 Å². The molecule has 2 N–H and O–H groups in total. The fraction of sp³-hybridized carbons (Fsp3) is 0.818. The molecule has 0 unspecified atom stereocenters. The number of rotatable bonds is 7. The van der Waals surface area contributed by atoms with E-state index in [2.05, 4.69) is 24.1 Å². The van der Waals surface area contributed by atoms with Crippen LogP contribution < -0.4 is 5.32 Å². The lowest BCUT2D eigenvalue weighted by Crippen LogP contribution is -2.35. The summed E-state index contributed by atoms with van der Waals surface area (Å²) in [6.45, 7) is 7.51. The quantitative estimate of drug-likeness (QED) is 0.651. The number of carboxylic acids is 1. The van der Waals surface area contributed by atoms with E-state index in [-0.39, 0.29) is 11.8 Å². The van der Waals surface area contributed by atoms with Crippen molar-refractivity contribution in [2.24, 2.45) is 11.8 Å². The summed E-state index contributed by atoms with van der Waals surface area (Å²) in [5, 5.41) is 11.5. The zero-order chi connectivity index (χ0) is 12.1. The molecular formula is C11H20N2O3. The molecule has 0 heterocycles. The van der Waals surface area contributed by atoms with Crippen molar-refractivity contribution in [1.29, 1.82) is 0 Å². The number of carbonyl (C=O) groups excluding carboxylic acids is 1. The molecule has 1 saturated carbocycles. The van der Waals surface area contributed by atoms with E-state index in [9.17, 15) is 9.59 Å². The Labute approximate surface area is 95.8 Å². The molecule has 0 bridgehead atoms. The van der Waals surface area contributed by atoms with E-state index in [1.807, 2.05) is 0 Å².